The highest BCUT2D eigenvalue weighted by Gasteiger charge is 2.39. The smallest absolute Gasteiger partial charge is 0.229 e. The predicted octanol–water partition coefficient (Wildman–Crippen LogP) is 12.2. The highest BCUT2D eigenvalue weighted by Crippen LogP contribution is 2.41. The van der Waals surface area contributed by atoms with Crippen LogP contribution in [-0.4, -0.2) is 77.9 Å². The number of unbranched alkanes of at least 4 members (excludes halogenated alkanes) is 4. The summed E-state index contributed by atoms with van der Waals surface area (Å²) in [7, 11) is -5.72. The lowest BCUT2D eigenvalue weighted by atomic mass is 9.86. The zero-order chi connectivity index (χ0) is 46.8. The molecule has 0 aliphatic rings. The Kier molecular flexibility index (Phi) is 21.4. The fraction of sp³-hybridized carbons (Fsp3) is 0.547. The molecule has 0 radical (unpaired) electrons. The van der Waals surface area contributed by atoms with Gasteiger partial charge in [0.1, 0.15) is 18.1 Å². The van der Waals surface area contributed by atoms with Gasteiger partial charge in [0.05, 0.1) is 18.0 Å². The Hall–Kier alpha value is -3.71. The van der Waals surface area contributed by atoms with Gasteiger partial charge in [0, 0.05) is 43.3 Å². The molecule has 4 aromatic carbocycles. The Balaban J connectivity index is 1.21. The van der Waals surface area contributed by atoms with Crippen LogP contribution < -0.4 is 14.8 Å². The second-order valence-electron chi connectivity index (χ2n) is 19.5. The first kappa shape index (κ1) is 52.9. The van der Waals surface area contributed by atoms with Gasteiger partial charge >= 0.3 is 0 Å². The van der Waals surface area contributed by atoms with Crippen molar-refractivity contribution >= 4 is 24.0 Å². The fourth-order valence-corrected chi connectivity index (χ4v) is 9.78. The van der Waals surface area contributed by atoms with Gasteiger partial charge in [0.2, 0.25) is 10.0 Å². The summed E-state index contributed by atoms with van der Waals surface area (Å²) in [6.45, 7) is 24.5. The molecule has 0 amide bonds. The van der Waals surface area contributed by atoms with Crippen molar-refractivity contribution in [3.63, 3.8) is 0 Å². The number of anilines is 1. The molecule has 0 saturated carbocycles. The maximum atomic E-state index is 12.4. The van der Waals surface area contributed by atoms with Gasteiger partial charge in [-0.15, -0.1) is 0 Å². The minimum absolute atomic E-state index is 0.00664. The van der Waals surface area contributed by atoms with Crippen LogP contribution in [0.5, 0.6) is 11.5 Å². The van der Waals surface area contributed by atoms with Crippen molar-refractivity contribution in [3.05, 3.63) is 125 Å². The molecule has 4 aromatic rings. The summed E-state index contributed by atoms with van der Waals surface area (Å²) in [5, 5.41) is 14.7. The van der Waals surface area contributed by atoms with Crippen LogP contribution in [0.15, 0.2) is 97.1 Å². The van der Waals surface area contributed by atoms with E-state index in [0.717, 1.165) is 101 Å². The number of nitrogens with zero attached hydrogens (tertiary/aromatic N) is 1. The summed E-state index contributed by atoms with van der Waals surface area (Å²) in [5.41, 5.74) is 5.85. The molecule has 0 bridgehead atoms. The zero-order valence-electron chi connectivity index (χ0n) is 40.8. The monoisotopic (exact) mass is 916 g/mol. The lowest BCUT2D eigenvalue weighted by Gasteiger charge is -2.39. The molecule has 11 heteroatoms. The number of aryl methyl sites for hydroxylation is 1. The topological polar surface area (TPSA) is 109 Å². The molecule has 0 aliphatic heterocycles. The summed E-state index contributed by atoms with van der Waals surface area (Å²) in [6, 6.07) is 33.3. The van der Waals surface area contributed by atoms with Crippen LogP contribution in [0.4, 0.5) is 5.69 Å². The number of ether oxygens (including phenoxy) is 2. The number of hydrogen-bond donors (Lipinski definition) is 3. The minimum atomic E-state index is -3.55. The van der Waals surface area contributed by atoms with E-state index in [2.05, 4.69) is 119 Å². The average Bonchev–Trinajstić information content (AvgIpc) is 3.23. The van der Waals surface area contributed by atoms with Crippen molar-refractivity contribution in [1.29, 1.82) is 0 Å². The lowest BCUT2D eigenvalue weighted by molar-refractivity contribution is 0.126. The van der Waals surface area contributed by atoms with E-state index in [1.54, 1.807) is 0 Å². The number of nitrogens with one attached hydrogen (secondary N) is 2. The normalized spacial score (nSPS) is 13.5. The molecule has 0 saturated heterocycles. The van der Waals surface area contributed by atoms with Crippen LogP contribution in [0.1, 0.15) is 133 Å². The number of hydrogen-bond acceptors (Lipinski definition) is 8. The molecule has 0 spiro atoms. The number of sulfonamides is 1. The molecule has 9 nitrogen and oxygen atoms in total. The van der Waals surface area contributed by atoms with E-state index < -0.39 is 18.3 Å². The molecule has 0 aromatic heterocycles. The van der Waals surface area contributed by atoms with Crippen LogP contribution in [0, 0.1) is 0 Å². The standard InChI is InChI=1S/C53H81N3O6SSi/c1-41(2)56(42(3)4)34-32-47(45-26-17-14-18-27-45)48-37-43(28-30-50(48)57)23-19-22-36-60-35-21-12-11-20-33-54-39-52(62-64(9,10)53(5,6)7)46-29-31-51(49(38-46)55-63(8,58)59)61-40-44-24-15-13-16-25-44/h13-18,24-31,37-38,41-42,47,52,54-55,57H,11-12,19-23,32-36,39-40H2,1-10H3/t47-,52+/m1/s1. The summed E-state index contributed by atoms with van der Waals surface area (Å²) in [4.78, 5) is 2.53. The fourth-order valence-electron chi connectivity index (χ4n) is 7.94. The van der Waals surface area contributed by atoms with Gasteiger partial charge in [-0.05, 0) is 138 Å². The summed E-state index contributed by atoms with van der Waals surface area (Å²) >= 11 is 0. The third kappa shape index (κ3) is 17.9. The first-order valence-electron chi connectivity index (χ1n) is 23.7. The Morgan fingerprint density at radius 1 is 0.750 bits per heavy atom. The quantitative estimate of drug-likeness (QED) is 0.0365. The average molecular weight is 916 g/mol. The molecule has 0 heterocycles. The first-order valence-corrected chi connectivity index (χ1v) is 28.5. The Bertz CT molecular complexity index is 2050. The van der Waals surface area contributed by atoms with Gasteiger partial charge in [-0.3, -0.25) is 9.62 Å². The molecule has 0 aliphatic carbocycles. The maximum absolute atomic E-state index is 12.4. The number of rotatable bonds is 29. The second kappa shape index (κ2) is 25.8. The predicted molar refractivity (Wildman–Crippen MR) is 270 cm³/mol. The van der Waals surface area contributed by atoms with Crippen LogP contribution in [0.2, 0.25) is 18.1 Å². The van der Waals surface area contributed by atoms with Gasteiger partial charge in [-0.25, -0.2) is 8.42 Å². The molecule has 0 fully saturated rings. The largest absolute Gasteiger partial charge is 0.508 e. The summed E-state index contributed by atoms with van der Waals surface area (Å²) in [6.07, 6.45) is 9.18. The number of phenols is 1. The number of benzene rings is 4. The number of aromatic hydroxyl groups is 1. The van der Waals surface area contributed by atoms with Crippen molar-refractivity contribution in [1.82, 2.24) is 10.2 Å². The summed E-state index contributed by atoms with van der Waals surface area (Å²) < 4.78 is 46.6. The molecular formula is C53H81N3O6SSi. The first-order chi connectivity index (χ1) is 30.3. The second-order valence-corrected chi connectivity index (χ2v) is 26.0. The van der Waals surface area contributed by atoms with Crippen molar-refractivity contribution in [2.45, 2.75) is 149 Å². The number of phenolic OH excluding ortho intramolecular Hbond substituents is 1. The minimum Gasteiger partial charge on any atom is -0.508 e. The van der Waals surface area contributed by atoms with Gasteiger partial charge < -0.3 is 24.3 Å². The lowest BCUT2D eigenvalue weighted by Crippen LogP contribution is -2.43. The van der Waals surface area contributed by atoms with E-state index in [9.17, 15) is 13.5 Å². The molecule has 354 valence electrons. The van der Waals surface area contributed by atoms with E-state index in [4.69, 9.17) is 13.9 Å². The van der Waals surface area contributed by atoms with E-state index in [1.807, 2.05) is 54.6 Å². The van der Waals surface area contributed by atoms with Crippen molar-refractivity contribution < 1.29 is 27.4 Å². The van der Waals surface area contributed by atoms with E-state index >= 15 is 0 Å². The Morgan fingerprint density at radius 3 is 2.03 bits per heavy atom. The molecule has 3 N–H and O–H groups in total. The van der Waals surface area contributed by atoms with Gasteiger partial charge in [-0.2, -0.15) is 0 Å². The van der Waals surface area contributed by atoms with Crippen LogP contribution in [0.3, 0.4) is 0 Å². The molecule has 2 atom stereocenters. The van der Waals surface area contributed by atoms with Crippen LogP contribution >= 0.6 is 0 Å². The maximum Gasteiger partial charge on any atom is 0.229 e. The molecule has 4 rings (SSSR count). The van der Waals surface area contributed by atoms with Crippen molar-refractivity contribution in [2.24, 2.45) is 0 Å². The van der Waals surface area contributed by atoms with E-state index in [0.29, 0.717) is 42.4 Å². The van der Waals surface area contributed by atoms with E-state index in [-0.39, 0.29) is 17.1 Å². The van der Waals surface area contributed by atoms with Gasteiger partial charge in [0.15, 0.2) is 8.32 Å². The van der Waals surface area contributed by atoms with Gasteiger partial charge in [0.25, 0.3) is 0 Å². The summed E-state index contributed by atoms with van der Waals surface area (Å²) in [5.74, 6) is 0.988. The third-order valence-corrected chi connectivity index (χ3v) is 17.6. The highest BCUT2D eigenvalue weighted by molar-refractivity contribution is 7.92. The van der Waals surface area contributed by atoms with Gasteiger partial charge in [-0.1, -0.05) is 112 Å². The zero-order valence-corrected chi connectivity index (χ0v) is 42.6. The van der Waals surface area contributed by atoms with Crippen molar-refractivity contribution in [3.8, 4) is 11.5 Å². The van der Waals surface area contributed by atoms with Crippen LogP contribution in [-0.2, 0) is 32.2 Å². The highest BCUT2D eigenvalue weighted by atomic mass is 32.2. The van der Waals surface area contributed by atoms with Crippen LogP contribution in [0.25, 0.3) is 0 Å². The molecule has 0 unspecified atom stereocenters. The van der Waals surface area contributed by atoms with E-state index in [1.165, 1.54) is 11.1 Å². The Morgan fingerprint density at radius 2 is 1.39 bits per heavy atom. The molecular weight excluding hydrogens is 835 g/mol. The Labute approximate surface area is 388 Å². The van der Waals surface area contributed by atoms with Crippen molar-refractivity contribution in [2.75, 3.05) is 43.8 Å². The third-order valence-electron chi connectivity index (χ3n) is 12.5. The SMILES string of the molecule is CC(C)N(CC[C@H](c1ccccc1)c1cc(CCCCOCCCCCCNC[C@H](O[Si](C)(C)C(C)(C)C)c2ccc(OCc3ccccc3)c(NS(C)(=O)=O)c2)ccc1O)C(C)C. The molecule has 64 heavy (non-hydrogen) atoms.